The summed E-state index contributed by atoms with van der Waals surface area (Å²) in [5.74, 6) is 0.368. The van der Waals surface area contributed by atoms with Crippen LogP contribution in [0.1, 0.15) is 24.8 Å². The van der Waals surface area contributed by atoms with Gasteiger partial charge in [0.05, 0.1) is 15.7 Å². The second-order valence-electron chi connectivity index (χ2n) is 4.76. The van der Waals surface area contributed by atoms with Gasteiger partial charge in [-0.05, 0) is 37.0 Å². The number of hydrogen-bond donors (Lipinski definition) is 1. The van der Waals surface area contributed by atoms with Crippen LogP contribution in [0.2, 0.25) is 5.02 Å². The van der Waals surface area contributed by atoms with Crippen LogP contribution in [0.25, 0.3) is 6.08 Å². The predicted molar refractivity (Wildman–Crippen MR) is 88.4 cm³/mol. The van der Waals surface area contributed by atoms with E-state index >= 15 is 0 Å². The molecule has 1 saturated heterocycles. The van der Waals surface area contributed by atoms with E-state index in [1.54, 1.807) is 6.08 Å². The van der Waals surface area contributed by atoms with Gasteiger partial charge in [0.1, 0.15) is 0 Å². The molecule has 112 valence electrons. The number of amides is 1. The summed E-state index contributed by atoms with van der Waals surface area (Å²) < 4.78 is 11.9. The minimum absolute atomic E-state index is 0.190. The average molecular weight is 324 g/mol. The summed E-state index contributed by atoms with van der Waals surface area (Å²) in [5.41, 5.74) is 1.05. The Morgan fingerprint density at radius 3 is 3.00 bits per heavy atom. The molecule has 1 heterocycles. The third-order valence-corrected chi connectivity index (χ3v) is 4.82. The lowest BCUT2D eigenvalue weighted by atomic mass is 10.2. The van der Waals surface area contributed by atoms with Crippen molar-refractivity contribution in [3.63, 3.8) is 0 Å². The smallest absolute Gasteiger partial charge is 0.259 e. The van der Waals surface area contributed by atoms with Crippen LogP contribution in [-0.4, -0.2) is 22.4 Å². The van der Waals surface area contributed by atoms with Crippen molar-refractivity contribution in [2.75, 3.05) is 12.3 Å². The largest absolute Gasteiger partial charge is 0.351 e. The van der Waals surface area contributed by atoms with Crippen molar-refractivity contribution in [3.8, 4) is 0 Å². The first-order chi connectivity index (χ1) is 10.2. The van der Waals surface area contributed by atoms with Crippen LogP contribution < -0.4 is 5.32 Å². The molecule has 0 saturated carbocycles. The molecule has 0 aliphatic carbocycles. The van der Waals surface area contributed by atoms with Crippen molar-refractivity contribution in [2.24, 2.45) is 0 Å². The van der Waals surface area contributed by atoms with Gasteiger partial charge in [-0.15, -0.1) is 0 Å². The third kappa shape index (κ3) is 5.14. The number of rotatable bonds is 4. The number of benzene rings is 1. The second kappa shape index (κ2) is 8.15. The molecule has 0 bridgehead atoms. The van der Waals surface area contributed by atoms with Crippen molar-refractivity contribution in [2.45, 2.75) is 19.3 Å². The molecule has 2 rings (SSSR count). The van der Waals surface area contributed by atoms with Gasteiger partial charge in [-0.25, -0.2) is 0 Å². The highest BCUT2D eigenvalue weighted by molar-refractivity contribution is 7.90. The number of carbonyl (C=O) groups excluding carboxylic acids is 1. The Balaban J connectivity index is 1.89. The van der Waals surface area contributed by atoms with Gasteiger partial charge < -0.3 is 5.32 Å². The van der Waals surface area contributed by atoms with Crippen LogP contribution in [0.15, 0.2) is 41.3 Å². The van der Waals surface area contributed by atoms with E-state index in [4.69, 9.17) is 11.6 Å². The SMILES string of the molecule is O=C1NCCCS(=O)/C1=C\CC/C=C/c1cccc(Cl)c1. The summed E-state index contributed by atoms with van der Waals surface area (Å²) in [5, 5.41) is 3.48. The second-order valence-corrected chi connectivity index (χ2v) is 6.74. The van der Waals surface area contributed by atoms with Gasteiger partial charge in [0.15, 0.2) is 0 Å². The summed E-state index contributed by atoms with van der Waals surface area (Å²) in [6.45, 7) is 0.608. The van der Waals surface area contributed by atoms with E-state index in [0.717, 1.165) is 18.4 Å². The van der Waals surface area contributed by atoms with Gasteiger partial charge in [0, 0.05) is 17.3 Å². The minimum Gasteiger partial charge on any atom is -0.351 e. The van der Waals surface area contributed by atoms with Crippen LogP contribution in [-0.2, 0) is 15.6 Å². The maximum absolute atomic E-state index is 11.9. The highest BCUT2D eigenvalue weighted by Crippen LogP contribution is 2.13. The van der Waals surface area contributed by atoms with Gasteiger partial charge in [-0.1, -0.05) is 42.0 Å². The Bertz CT molecular complexity index is 576. The number of allylic oxidation sites excluding steroid dienone is 2. The molecule has 21 heavy (non-hydrogen) atoms. The summed E-state index contributed by atoms with van der Waals surface area (Å²) >= 11 is 5.91. The first-order valence-electron chi connectivity index (χ1n) is 6.95. The first-order valence-corrected chi connectivity index (χ1v) is 8.65. The van der Waals surface area contributed by atoms with E-state index in [1.807, 2.05) is 36.4 Å². The highest BCUT2D eigenvalue weighted by Gasteiger charge is 2.18. The normalized spacial score (nSPS) is 21.5. The number of halogens is 1. The Hall–Kier alpha value is -1.39. The summed E-state index contributed by atoms with van der Waals surface area (Å²) in [4.78, 5) is 12.2. The number of hydrogen-bond acceptors (Lipinski definition) is 2. The van der Waals surface area contributed by atoms with E-state index in [2.05, 4.69) is 5.32 Å². The number of unbranched alkanes of at least 4 members (excludes halogenated alkanes) is 1. The predicted octanol–water partition coefficient (Wildman–Crippen LogP) is 3.29. The molecule has 5 heteroatoms. The van der Waals surface area contributed by atoms with Crippen LogP contribution >= 0.6 is 11.6 Å². The van der Waals surface area contributed by atoms with E-state index in [0.29, 0.717) is 28.6 Å². The maximum atomic E-state index is 11.9. The lowest BCUT2D eigenvalue weighted by molar-refractivity contribution is -0.116. The molecular weight excluding hydrogens is 306 g/mol. The summed E-state index contributed by atoms with van der Waals surface area (Å²) in [6.07, 6.45) is 8.07. The molecule has 0 aromatic heterocycles. The number of carbonyl (C=O) groups is 1. The quantitative estimate of drug-likeness (QED) is 0.682. The van der Waals surface area contributed by atoms with Crippen LogP contribution in [0, 0.1) is 0 Å². The molecule has 1 fully saturated rings. The van der Waals surface area contributed by atoms with Crippen molar-refractivity contribution < 1.29 is 9.00 Å². The van der Waals surface area contributed by atoms with E-state index in [9.17, 15) is 9.00 Å². The van der Waals surface area contributed by atoms with Crippen molar-refractivity contribution >= 4 is 34.4 Å². The average Bonchev–Trinajstić information content (AvgIpc) is 2.61. The zero-order valence-corrected chi connectivity index (χ0v) is 13.3. The van der Waals surface area contributed by atoms with Crippen LogP contribution in [0.3, 0.4) is 0 Å². The maximum Gasteiger partial charge on any atom is 0.259 e. The number of nitrogens with one attached hydrogen (secondary N) is 1. The Morgan fingerprint density at radius 2 is 2.19 bits per heavy atom. The summed E-state index contributed by atoms with van der Waals surface area (Å²) in [6, 6.07) is 7.62. The lowest BCUT2D eigenvalue weighted by Crippen LogP contribution is -2.24. The fourth-order valence-corrected chi connectivity index (χ4v) is 3.44. The lowest BCUT2D eigenvalue weighted by Gasteiger charge is -2.01. The van der Waals surface area contributed by atoms with Crippen LogP contribution in [0.5, 0.6) is 0 Å². The van der Waals surface area contributed by atoms with Gasteiger partial charge in [0.2, 0.25) is 0 Å². The summed E-state index contributed by atoms with van der Waals surface area (Å²) in [7, 11) is -1.16. The highest BCUT2D eigenvalue weighted by atomic mass is 35.5. The fourth-order valence-electron chi connectivity index (χ4n) is 2.03. The van der Waals surface area contributed by atoms with Gasteiger partial charge in [-0.3, -0.25) is 9.00 Å². The van der Waals surface area contributed by atoms with Gasteiger partial charge in [0.25, 0.3) is 5.91 Å². The molecule has 1 aliphatic rings. The van der Waals surface area contributed by atoms with E-state index in [1.165, 1.54) is 0 Å². The molecule has 1 N–H and O–H groups in total. The van der Waals surface area contributed by atoms with Crippen LogP contribution in [0.4, 0.5) is 0 Å². The topological polar surface area (TPSA) is 46.2 Å². The molecule has 1 unspecified atom stereocenters. The minimum atomic E-state index is -1.16. The molecule has 1 aliphatic heterocycles. The molecular formula is C16H18ClNO2S. The zero-order chi connectivity index (χ0) is 15.1. The van der Waals surface area contributed by atoms with Crippen molar-refractivity contribution in [1.29, 1.82) is 0 Å². The Kier molecular flexibility index (Phi) is 6.21. The molecule has 0 spiro atoms. The molecule has 3 nitrogen and oxygen atoms in total. The Morgan fingerprint density at radius 1 is 1.33 bits per heavy atom. The molecule has 1 aromatic carbocycles. The standard InChI is InChI=1S/C16H18ClNO2S/c17-14-8-4-7-13(12-14)6-2-1-3-9-15-16(19)18-10-5-11-21(15)20/h2,4,6-9,12H,1,3,5,10-11H2,(H,18,19)/b6-2+,15-9-. The van der Waals surface area contributed by atoms with Gasteiger partial charge >= 0.3 is 0 Å². The fraction of sp³-hybridized carbons (Fsp3) is 0.312. The van der Waals surface area contributed by atoms with Crippen molar-refractivity contribution in [3.05, 3.63) is 51.9 Å². The van der Waals surface area contributed by atoms with E-state index in [-0.39, 0.29) is 5.91 Å². The van der Waals surface area contributed by atoms with E-state index < -0.39 is 10.8 Å². The first kappa shape index (κ1) is 16.0. The van der Waals surface area contributed by atoms with Gasteiger partial charge in [-0.2, -0.15) is 0 Å². The molecule has 1 amide bonds. The monoisotopic (exact) mass is 323 g/mol. The van der Waals surface area contributed by atoms with Crippen molar-refractivity contribution in [1.82, 2.24) is 5.32 Å². The third-order valence-electron chi connectivity index (χ3n) is 3.08. The zero-order valence-electron chi connectivity index (χ0n) is 11.7. The molecule has 0 radical (unpaired) electrons. The molecule has 1 atom stereocenters. The Labute approximate surface area is 132 Å². The molecule has 1 aromatic rings.